The summed E-state index contributed by atoms with van der Waals surface area (Å²) >= 11 is 0. The van der Waals surface area contributed by atoms with Crippen LogP contribution in [-0.4, -0.2) is 67.7 Å². The van der Waals surface area contributed by atoms with Gasteiger partial charge in [-0.1, -0.05) is 0 Å². The first-order valence-electron chi connectivity index (χ1n) is 0. The zero-order valence-corrected chi connectivity index (χ0v) is 9.97. The summed E-state index contributed by atoms with van der Waals surface area (Å²) in [5, 5.41) is 0. The number of hydrogen-bond donors (Lipinski definition) is 0. The fourth-order valence-electron chi connectivity index (χ4n) is 0. The van der Waals surface area contributed by atoms with Gasteiger partial charge in [-0.3, -0.25) is 0 Å². The zero-order valence-electron chi connectivity index (χ0n) is 5.12. The van der Waals surface area contributed by atoms with Crippen molar-refractivity contribution in [3.8, 4) is 0 Å². The molecule has 78 valence electrons. The maximum absolute atomic E-state index is 0. The van der Waals surface area contributed by atoms with Crippen molar-refractivity contribution in [1.82, 2.24) is 0 Å². The molecular formula is H19ClO8Sn. The van der Waals surface area contributed by atoms with E-state index in [-0.39, 0.29) is 80.1 Å². The van der Waals surface area contributed by atoms with E-state index in [0.29, 0.717) is 0 Å². The minimum atomic E-state index is 0. The first-order valence-corrected chi connectivity index (χ1v) is 0. The van der Waals surface area contributed by atoms with Gasteiger partial charge in [-0.05, 0) is 0 Å². The van der Waals surface area contributed by atoms with Crippen molar-refractivity contribution in [2.75, 3.05) is 0 Å². The zero-order chi connectivity index (χ0) is 0. The van der Waals surface area contributed by atoms with Crippen LogP contribution in [0.25, 0.3) is 0 Å². The van der Waals surface area contributed by atoms with Crippen molar-refractivity contribution in [2.45, 2.75) is 0 Å². The molecule has 0 amide bonds. The number of halogens is 1. The summed E-state index contributed by atoms with van der Waals surface area (Å²) in [6.45, 7) is 0. The average molecular weight is 301 g/mol. The molecule has 0 heterocycles. The van der Waals surface area contributed by atoms with E-state index in [0.717, 1.165) is 0 Å². The minimum absolute atomic E-state index is 0. The molecule has 0 fully saturated rings. The Balaban J connectivity index is 0. The second-order valence-electron chi connectivity index (χ2n) is 0. The van der Waals surface area contributed by atoms with Gasteiger partial charge in [0.25, 0.3) is 0 Å². The van der Waals surface area contributed by atoms with Crippen LogP contribution in [0.2, 0.25) is 0 Å². The van der Waals surface area contributed by atoms with Gasteiger partial charge in [0.05, 0.1) is 0 Å². The van der Waals surface area contributed by atoms with Gasteiger partial charge in [0, 0.05) is 0 Å². The summed E-state index contributed by atoms with van der Waals surface area (Å²) in [4.78, 5) is 0. The predicted molar refractivity (Wildman–Crippen MR) is 44.7 cm³/mol. The molecule has 0 aromatic rings. The van der Waals surface area contributed by atoms with Crippen LogP contribution in [0.1, 0.15) is 0 Å². The van der Waals surface area contributed by atoms with Gasteiger partial charge in [0.2, 0.25) is 0 Å². The molecule has 16 N–H and O–H groups in total. The molecule has 0 unspecified atom stereocenters. The molecule has 0 aromatic heterocycles. The standard InChI is InChI=1S/ClH.8H2O.Sn.2H/h1H;8*1H2;;;. The van der Waals surface area contributed by atoms with Crippen molar-refractivity contribution < 1.29 is 43.8 Å². The fourth-order valence-corrected chi connectivity index (χ4v) is 0. The molecule has 0 aromatic carbocycles. The van der Waals surface area contributed by atoms with Crippen LogP contribution in [0.3, 0.4) is 0 Å². The Morgan fingerprint density at radius 1 is 0.300 bits per heavy atom. The van der Waals surface area contributed by atoms with Crippen LogP contribution < -0.4 is 0 Å². The molecule has 0 aliphatic carbocycles. The Kier molecular flexibility index (Phi) is 221000. The normalized spacial score (nSPS) is 0. The van der Waals surface area contributed by atoms with Crippen LogP contribution >= 0.6 is 12.4 Å². The van der Waals surface area contributed by atoms with Gasteiger partial charge in [-0.15, -0.1) is 12.4 Å². The van der Waals surface area contributed by atoms with Crippen LogP contribution in [0.4, 0.5) is 0 Å². The molecule has 8 nitrogen and oxygen atoms in total. The summed E-state index contributed by atoms with van der Waals surface area (Å²) in [6, 6.07) is 0. The van der Waals surface area contributed by atoms with Crippen LogP contribution in [-0.2, 0) is 0 Å². The van der Waals surface area contributed by atoms with Crippen molar-refractivity contribution in [1.29, 1.82) is 0 Å². The fraction of sp³-hybridized carbons (Fsp3) is 0. The third-order valence-corrected chi connectivity index (χ3v) is 0. The van der Waals surface area contributed by atoms with E-state index in [1.165, 1.54) is 0 Å². The van der Waals surface area contributed by atoms with Gasteiger partial charge in [0.15, 0.2) is 0 Å². The molecular weight excluding hydrogens is 282 g/mol. The van der Waals surface area contributed by atoms with Gasteiger partial charge in [0.1, 0.15) is 0 Å². The molecule has 2 radical (unpaired) electrons. The van der Waals surface area contributed by atoms with Gasteiger partial charge in [-0.25, -0.2) is 0 Å². The molecule has 10 heavy (non-hydrogen) atoms. The van der Waals surface area contributed by atoms with Gasteiger partial charge < -0.3 is 43.8 Å². The molecule has 0 bridgehead atoms. The van der Waals surface area contributed by atoms with Crippen LogP contribution in [0.15, 0.2) is 0 Å². The second kappa shape index (κ2) is 1270. The first-order chi connectivity index (χ1) is 0. The van der Waals surface area contributed by atoms with E-state index in [1.807, 2.05) is 0 Å². The molecule has 0 saturated carbocycles. The van der Waals surface area contributed by atoms with E-state index < -0.39 is 0 Å². The SMILES string of the molecule is Cl.O.O.O.O.O.O.O.O.[SnH2]. The van der Waals surface area contributed by atoms with Crippen LogP contribution in [0.5, 0.6) is 0 Å². The Hall–Kier alpha value is 0.769. The molecule has 0 atom stereocenters. The second-order valence-corrected chi connectivity index (χ2v) is 0. The summed E-state index contributed by atoms with van der Waals surface area (Å²) < 4.78 is 0. The molecule has 0 rings (SSSR count). The topological polar surface area (TPSA) is 252 Å². The van der Waals surface area contributed by atoms with Crippen molar-refractivity contribution in [3.63, 3.8) is 0 Å². The third-order valence-electron chi connectivity index (χ3n) is 0. The van der Waals surface area contributed by atoms with E-state index in [2.05, 4.69) is 0 Å². The molecule has 10 heteroatoms. The van der Waals surface area contributed by atoms with E-state index in [9.17, 15) is 0 Å². The average Bonchev–Trinajstić information content (AvgIpc) is 0. The number of rotatable bonds is 0. The molecule has 0 aliphatic heterocycles. The molecule has 0 spiro atoms. The van der Waals surface area contributed by atoms with Gasteiger partial charge in [-0.2, -0.15) is 0 Å². The quantitative estimate of drug-likeness (QED) is 0.378. The summed E-state index contributed by atoms with van der Waals surface area (Å²) in [7, 11) is 0. The summed E-state index contributed by atoms with van der Waals surface area (Å²) in [5.74, 6) is 0. The van der Waals surface area contributed by atoms with Crippen molar-refractivity contribution in [2.24, 2.45) is 0 Å². The Morgan fingerprint density at radius 2 is 0.300 bits per heavy atom. The third kappa shape index (κ3) is 896. The summed E-state index contributed by atoms with van der Waals surface area (Å²) in [5.41, 5.74) is 0. The molecule has 0 saturated heterocycles. The Bertz CT molecular complexity index is 9.22. The Morgan fingerprint density at radius 3 is 0.300 bits per heavy atom. The van der Waals surface area contributed by atoms with Crippen molar-refractivity contribution in [3.05, 3.63) is 0 Å². The Labute approximate surface area is 80.4 Å². The van der Waals surface area contributed by atoms with Crippen LogP contribution in [0, 0.1) is 0 Å². The van der Waals surface area contributed by atoms with Crippen molar-refractivity contribution >= 4 is 36.3 Å². The van der Waals surface area contributed by atoms with Gasteiger partial charge >= 0.3 is 23.9 Å². The van der Waals surface area contributed by atoms with E-state index >= 15 is 0 Å². The monoisotopic (exact) mass is 302 g/mol. The first kappa shape index (κ1) is 1740. The van der Waals surface area contributed by atoms with E-state index in [4.69, 9.17) is 0 Å². The molecule has 0 aliphatic rings. The van der Waals surface area contributed by atoms with E-state index in [1.54, 1.807) is 0 Å². The number of hydrogen-bond acceptors (Lipinski definition) is 0. The predicted octanol–water partition coefficient (Wildman–Crippen LogP) is -7.09. The maximum atomic E-state index is 0. The summed E-state index contributed by atoms with van der Waals surface area (Å²) in [6.07, 6.45) is 0.